The number of methoxy groups -OCH3 is 1. The van der Waals surface area contributed by atoms with Crippen LogP contribution in [-0.2, 0) is 16.1 Å². The molecule has 1 N–H and O–H groups in total. The largest absolute Gasteiger partial charge is 0.465 e. The Morgan fingerprint density at radius 1 is 1.02 bits per heavy atom. The monoisotopic (exact) mass is 632 g/mol. The second kappa shape index (κ2) is 11.9. The first-order chi connectivity index (χ1) is 21.4. The molecule has 11 heteroatoms. The lowest BCUT2D eigenvalue weighted by Gasteiger charge is -2.54. The van der Waals surface area contributed by atoms with Crippen LogP contribution in [-0.4, -0.2) is 52.3 Å². The maximum absolute atomic E-state index is 13.4. The molecule has 2 aromatic heterocycles. The van der Waals surface area contributed by atoms with Crippen molar-refractivity contribution in [2.75, 3.05) is 12.4 Å². The second-order valence-electron chi connectivity index (χ2n) is 11.6. The number of benzene rings is 2. The molecule has 226 valence electrons. The quantitative estimate of drug-likeness (QED) is 0.198. The average Bonchev–Trinajstić information content (AvgIpc) is 3.79. The Balaban J connectivity index is 1.03. The lowest BCUT2D eigenvalue weighted by Crippen LogP contribution is -2.65. The number of nitrogens with zero attached hydrogens (tertiary/aromatic N) is 3. The van der Waals surface area contributed by atoms with Gasteiger partial charge in [0.2, 0.25) is 0 Å². The number of piperidine rings is 1. The number of urea groups is 1. The minimum Gasteiger partial charge on any atom is -0.465 e. The summed E-state index contributed by atoms with van der Waals surface area (Å²) in [5.41, 5.74) is 4.62. The van der Waals surface area contributed by atoms with E-state index in [1.54, 1.807) is 42.7 Å². The number of fused-ring (bicyclic) bond motifs is 2. The highest BCUT2D eigenvalue weighted by atomic mass is 35.5. The summed E-state index contributed by atoms with van der Waals surface area (Å²) < 4.78 is 17.2. The van der Waals surface area contributed by atoms with E-state index in [0.29, 0.717) is 45.1 Å². The molecule has 2 saturated carbocycles. The predicted molar refractivity (Wildman–Crippen MR) is 166 cm³/mol. The third-order valence-electron chi connectivity index (χ3n) is 8.67. The molecule has 4 aromatic rings. The number of carbonyl (C=O) groups excluding carboxylic acids is 2. The van der Waals surface area contributed by atoms with E-state index in [4.69, 9.17) is 37.2 Å². The van der Waals surface area contributed by atoms with Gasteiger partial charge in [-0.3, -0.25) is 4.98 Å². The zero-order chi connectivity index (χ0) is 30.4. The van der Waals surface area contributed by atoms with E-state index < -0.39 is 5.97 Å². The maximum atomic E-state index is 13.4. The first-order valence-corrected chi connectivity index (χ1v) is 15.4. The van der Waals surface area contributed by atoms with Crippen LogP contribution in [0.15, 0.2) is 65.4 Å². The van der Waals surface area contributed by atoms with E-state index >= 15 is 0 Å². The SMILES string of the molecule is COC(=O)c1cc(NC(=O)N2C3CC(OCc4c(-c5c(Cl)cccc5Cl)noc4C4CC4)CC2C3)cc(-c2cccnc2)c1. The molecule has 4 aliphatic rings. The number of pyridine rings is 1. The van der Waals surface area contributed by atoms with Gasteiger partial charge in [0.05, 0.1) is 35.4 Å². The number of aromatic nitrogens is 2. The standard InChI is InChI=1S/C33H30Cl2N4O5/c1-42-32(40)21-10-20(19-4-3-9-36-16-19)11-22(12-21)37-33(41)39-23-13-24(39)15-25(14-23)43-17-26-30(38-44-31(26)18-7-8-18)29-27(34)5-2-6-28(29)35/h2-6,9-12,16,18,23-25H,7-8,13-15,17H2,1H3,(H,37,41). The summed E-state index contributed by atoms with van der Waals surface area (Å²) in [6.07, 6.45) is 7.86. The van der Waals surface area contributed by atoms with E-state index in [1.165, 1.54) is 7.11 Å². The number of hydrogen-bond donors (Lipinski definition) is 1. The molecule has 4 fully saturated rings. The Labute approximate surface area is 264 Å². The fourth-order valence-electron chi connectivity index (χ4n) is 6.36. The van der Waals surface area contributed by atoms with Crippen molar-refractivity contribution in [2.24, 2.45) is 0 Å². The Morgan fingerprint density at radius 2 is 1.80 bits per heavy atom. The molecule has 0 radical (unpaired) electrons. The first kappa shape index (κ1) is 28.8. The lowest BCUT2D eigenvalue weighted by molar-refractivity contribution is -0.0837. The van der Waals surface area contributed by atoms with E-state index in [-0.39, 0.29) is 24.2 Å². The number of anilines is 1. The van der Waals surface area contributed by atoms with Crippen molar-refractivity contribution in [1.29, 1.82) is 0 Å². The van der Waals surface area contributed by atoms with Crippen molar-refractivity contribution < 1.29 is 23.6 Å². The van der Waals surface area contributed by atoms with Crippen LogP contribution in [0.1, 0.15) is 59.7 Å². The van der Waals surface area contributed by atoms with Crippen LogP contribution in [0.4, 0.5) is 10.5 Å². The molecule has 8 rings (SSSR count). The number of ether oxygens (including phenoxy) is 2. The molecule has 2 amide bonds. The smallest absolute Gasteiger partial charge is 0.337 e. The fourth-order valence-corrected chi connectivity index (χ4v) is 6.94. The van der Waals surface area contributed by atoms with Crippen molar-refractivity contribution >= 4 is 40.9 Å². The summed E-state index contributed by atoms with van der Waals surface area (Å²) in [4.78, 5) is 31.9. The van der Waals surface area contributed by atoms with Crippen LogP contribution in [0.2, 0.25) is 10.0 Å². The highest BCUT2D eigenvalue weighted by Gasteiger charge is 2.48. The summed E-state index contributed by atoms with van der Waals surface area (Å²) in [7, 11) is 1.33. The highest BCUT2D eigenvalue weighted by Crippen LogP contribution is 2.47. The molecule has 2 aromatic carbocycles. The first-order valence-electron chi connectivity index (χ1n) is 14.7. The third kappa shape index (κ3) is 5.56. The van der Waals surface area contributed by atoms with Crippen molar-refractivity contribution in [3.63, 3.8) is 0 Å². The molecule has 0 spiro atoms. The van der Waals surface area contributed by atoms with Crippen LogP contribution in [0.25, 0.3) is 22.4 Å². The van der Waals surface area contributed by atoms with Gasteiger partial charge in [-0.1, -0.05) is 40.5 Å². The van der Waals surface area contributed by atoms with Gasteiger partial charge in [0.25, 0.3) is 0 Å². The summed E-state index contributed by atoms with van der Waals surface area (Å²) in [6, 6.07) is 14.2. The van der Waals surface area contributed by atoms with Crippen LogP contribution in [0.5, 0.6) is 0 Å². The summed E-state index contributed by atoms with van der Waals surface area (Å²) >= 11 is 13.0. The summed E-state index contributed by atoms with van der Waals surface area (Å²) in [5, 5.41) is 8.40. The number of amides is 2. The van der Waals surface area contributed by atoms with Gasteiger partial charge < -0.3 is 24.2 Å². The zero-order valence-electron chi connectivity index (χ0n) is 24.0. The third-order valence-corrected chi connectivity index (χ3v) is 9.30. The Hall–Kier alpha value is -3.92. The number of esters is 1. The van der Waals surface area contributed by atoms with Gasteiger partial charge in [0.15, 0.2) is 0 Å². The molecule has 2 atom stereocenters. The molecular formula is C33H30Cl2N4O5. The van der Waals surface area contributed by atoms with Crippen molar-refractivity contribution in [1.82, 2.24) is 15.0 Å². The van der Waals surface area contributed by atoms with Crippen LogP contribution in [0, 0.1) is 0 Å². The fraction of sp³-hybridized carbons (Fsp3) is 0.333. The second-order valence-corrected chi connectivity index (χ2v) is 12.4. The Morgan fingerprint density at radius 3 is 2.48 bits per heavy atom. The number of carbonyl (C=O) groups is 2. The van der Waals surface area contributed by atoms with E-state index in [2.05, 4.69) is 15.5 Å². The molecule has 2 saturated heterocycles. The molecule has 9 nitrogen and oxygen atoms in total. The predicted octanol–water partition coefficient (Wildman–Crippen LogP) is 7.73. The van der Waals surface area contributed by atoms with Gasteiger partial charge in [-0.2, -0.15) is 0 Å². The van der Waals surface area contributed by atoms with Crippen LogP contribution in [0.3, 0.4) is 0 Å². The molecule has 2 aliphatic carbocycles. The molecule has 2 bridgehead atoms. The molecule has 44 heavy (non-hydrogen) atoms. The van der Waals surface area contributed by atoms with Gasteiger partial charge in [0, 0.05) is 52.8 Å². The van der Waals surface area contributed by atoms with Gasteiger partial charge in [-0.15, -0.1) is 0 Å². The number of halogens is 2. The van der Waals surface area contributed by atoms with Gasteiger partial charge >= 0.3 is 12.0 Å². The minimum absolute atomic E-state index is 0.0147. The normalized spacial score (nSPS) is 20.6. The molecule has 2 aliphatic heterocycles. The summed E-state index contributed by atoms with van der Waals surface area (Å²) in [6.45, 7) is 0.333. The van der Waals surface area contributed by atoms with E-state index in [1.807, 2.05) is 23.1 Å². The van der Waals surface area contributed by atoms with Gasteiger partial charge in [-0.25, -0.2) is 9.59 Å². The minimum atomic E-state index is -0.482. The van der Waals surface area contributed by atoms with Crippen LogP contribution >= 0.6 is 23.2 Å². The Bertz CT molecular complexity index is 1690. The number of nitrogens with one attached hydrogen (secondary N) is 1. The molecule has 2 unspecified atom stereocenters. The maximum Gasteiger partial charge on any atom is 0.337 e. The Kier molecular flexibility index (Phi) is 7.78. The lowest BCUT2D eigenvalue weighted by atomic mass is 9.78. The average molecular weight is 634 g/mol. The zero-order valence-corrected chi connectivity index (χ0v) is 25.5. The highest BCUT2D eigenvalue weighted by molar-refractivity contribution is 6.39. The molecular weight excluding hydrogens is 603 g/mol. The topological polar surface area (TPSA) is 107 Å². The van der Waals surface area contributed by atoms with E-state index in [0.717, 1.165) is 54.6 Å². The summed E-state index contributed by atoms with van der Waals surface area (Å²) in [5.74, 6) is 0.703. The van der Waals surface area contributed by atoms with Gasteiger partial charge in [-0.05, 0) is 74.1 Å². The number of rotatable bonds is 8. The van der Waals surface area contributed by atoms with Crippen molar-refractivity contribution in [2.45, 2.75) is 62.8 Å². The van der Waals surface area contributed by atoms with Crippen LogP contribution < -0.4 is 5.32 Å². The van der Waals surface area contributed by atoms with Gasteiger partial charge in [0.1, 0.15) is 11.5 Å². The number of hydrogen-bond acceptors (Lipinski definition) is 7. The van der Waals surface area contributed by atoms with Crippen molar-refractivity contribution in [3.8, 4) is 22.4 Å². The molecule has 4 heterocycles. The van der Waals surface area contributed by atoms with E-state index in [9.17, 15) is 9.59 Å². The van der Waals surface area contributed by atoms with Crippen molar-refractivity contribution in [3.05, 3.63) is 87.9 Å².